The maximum Gasteiger partial charge on any atom is 0.338 e. The molecule has 1 unspecified atom stereocenters. The number of carbonyl (C=O) groups is 2. The Morgan fingerprint density at radius 2 is 1.87 bits per heavy atom. The van der Waals surface area contributed by atoms with Crippen LogP contribution in [0.4, 0.5) is 4.79 Å². The molecule has 3 N–H and O–H groups in total. The van der Waals surface area contributed by atoms with E-state index in [0.29, 0.717) is 25.8 Å². The Labute approximate surface area is 150 Å². The van der Waals surface area contributed by atoms with Crippen molar-refractivity contribution in [1.82, 2.24) is 10.6 Å². The fourth-order valence-electron chi connectivity index (χ4n) is 2.24. The number of rotatable bonds is 3. The molecule has 0 aliphatic carbocycles. The molecule has 124 valence electrons. The average molecular weight is 448 g/mol. The van der Waals surface area contributed by atoms with Crippen LogP contribution >= 0.6 is 31.9 Å². The van der Waals surface area contributed by atoms with Crippen molar-refractivity contribution in [3.63, 3.8) is 0 Å². The minimum atomic E-state index is -0.678. The summed E-state index contributed by atoms with van der Waals surface area (Å²) in [4.78, 5) is 24.2. The normalized spacial score (nSPS) is 17.8. The largest absolute Gasteiger partial charge is 0.506 e. The second-order valence-corrected chi connectivity index (χ2v) is 7.07. The summed E-state index contributed by atoms with van der Waals surface area (Å²) in [6, 6.07) is 2.20. The molecule has 6 nitrogen and oxygen atoms in total. The van der Waals surface area contributed by atoms with Gasteiger partial charge in [-0.15, -0.1) is 0 Å². The molecular weight excluding hydrogens is 432 g/mol. The quantitative estimate of drug-likeness (QED) is 0.619. The van der Waals surface area contributed by atoms with E-state index in [1.165, 1.54) is 0 Å². The summed E-state index contributed by atoms with van der Waals surface area (Å²) in [6.07, 6.45) is -0.278. The molecule has 1 aliphatic heterocycles. The molecule has 8 heteroatoms. The maximum absolute atomic E-state index is 12.4. The van der Waals surface area contributed by atoms with E-state index in [1.807, 2.05) is 0 Å². The number of allylic oxidation sites excluding steroid dienone is 1. The maximum atomic E-state index is 12.4. The summed E-state index contributed by atoms with van der Waals surface area (Å²) < 4.78 is 6.17. The smallest absolute Gasteiger partial charge is 0.338 e. The Morgan fingerprint density at radius 3 is 2.39 bits per heavy atom. The van der Waals surface area contributed by atoms with Crippen molar-refractivity contribution in [2.75, 3.05) is 0 Å². The highest BCUT2D eigenvalue weighted by Crippen LogP contribution is 2.37. The molecule has 1 aromatic rings. The van der Waals surface area contributed by atoms with Crippen LogP contribution in [-0.2, 0) is 9.53 Å². The summed E-state index contributed by atoms with van der Waals surface area (Å²) in [7, 11) is 0. The number of amides is 2. The first-order valence-electron chi connectivity index (χ1n) is 6.88. The number of hydrogen-bond acceptors (Lipinski definition) is 4. The predicted molar refractivity (Wildman–Crippen MR) is 91.8 cm³/mol. The third-order valence-corrected chi connectivity index (χ3v) is 4.41. The second kappa shape index (κ2) is 6.92. The van der Waals surface area contributed by atoms with Crippen molar-refractivity contribution >= 4 is 43.9 Å². The molecule has 1 aliphatic rings. The minimum absolute atomic E-state index is 0.0426. The van der Waals surface area contributed by atoms with Crippen molar-refractivity contribution in [3.05, 3.63) is 37.9 Å². The van der Waals surface area contributed by atoms with Crippen LogP contribution < -0.4 is 10.6 Å². The molecule has 2 rings (SSSR count). The van der Waals surface area contributed by atoms with Crippen molar-refractivity contribution in [2.24, 2.45) is 0 Å². The van der Waals surface area contributed by atoms with Gasteiger partial charge >= 0.3 is 12.0 Å². The molecule has 0 bridgehead atoms. The Bertz CT molecular complexity index is 678. The van der Waals surface area contributed by atoms with E-state index < -0.39 is 18.0 Å². The summed E-state index contributed by atoms with van der Waals surface area (Å²) in [5.74, 6) is -0.462. The molecule has 1 atom stereocenters. The van der Waals surface area contributed by atoms with Gasteiger partial charge in [0.25, 0.3) is 0 Å². The minimum Gasteiger partial charge on any atom is -0.506 e. The number of hydrogen-bond donors (Lipinski definition) is 3. The Balaban J connectivity index is 2.51. The number of benzene rings is 1. The van der Waals surface area contributed by atoms with Gasteiger partial charge in [-0.2, -0.15) is 0 Å². The fourth-order valence-corrected chi connectivity index (χ4v) is 3.47. The van der Waals surface area contributed by atoms with Crippen molar-refractivity contribution in [2.45, 2.75) is 32.9 Å². The van der Waals surface area contributed by atoms with Crippen LogP contribution in [0.15, 0.2) is 32.3 Å². The van der Waals surface area contributed by atoms with E-state index in [-0.39, 0.29) is 11.9 Å². The molecule has 1 heterocycles. The van der Waals surface area contributed by atoms with Gasteiger partial charge in [0.1, 0.15) is 5.75 Å². The van der Waals surface area contributed by atoms with Gasteiger partial charge in [0.15, 0.2) is 0 Å². The molecule has 2 amide bonds. The van der Waals surface area contributed by atoms with Crippen molar-refractivity contribution in [3.8, 4) is 5.75 Å². The number of esters is 1. The first-order chi connectivity index (χ1) is 10.7. The lowest BCUT2D eigenvalue weighted by molar-refractivity contribution is -0.143. The van der Waals surface area contributed by atoms with Gasteiger partial charge in [-0.3, -0.25) is 0 Å². The lowest BCUT2D eigenvalue weighted by Gasteiger charge is -2.29. The average Bonchev–Trinajstić information content (AvgIpc) is 2.42. The van der Waals surface area contributed by atoms with Crippen LogP contribution in [0.2, 0.25) is 0 Å². The Hall–Kier alpha value is -1.54. The fraction of sp³-hybridized carbons (Fsp3) is 0.333. The molecule has 0 fully saturated rings. The van der Waals surface area contributed by atoms with E-state index in [1.54, 1.807) is 32.9 Å². The van der Waals surface area contributed by atoms with Crippen LogP contribution in [0.1, 0.15) is 32.4 Å². The zero-order valence-electron chi connectivity index (χ0n) is 12.7. The summed E-state index contributed by atoms with van der Waals surface area (Å²) in [6.45, 7) is 5.16. The second-order valence-electron chi connectivity index (χ2n) is 5.36. The number of phenolic OH excluding ortho intramolecular Hbond substituents is 1. The highest BCUT2D eigenvalue weighted by molar-refractivity contribution is 9.11. The number of aromatic hydroxyl groups is 1. The number of urea groups is 1. The Morgan fingerprint density at radius 1 is 1.30 bits per heavy atom. The van der Waals surface area contributed by atoms with Gasteiger partial charge < -0.3 is 20.5 Å². The van der Waals surface area contributed by atoms with E-state index in [0.717, 1.165) is 0 Å². The third-order valence-electron chi connectivity index (χ3n) is 3.20. The van der Waals surface area contributed by atoms with Gasteiger partial charge in [-0.05, 0) is 70.3 Å². The van der Waals surface area contributed by atoms with Gasteiger partial charge in [0, 0.05) is 5.70 Å². The topological polar surface area (TPSA) is 87.7 Å². The first-order valence-corrected chi connectivity index (χ1v) is 8.46. The molecule has 23 heavy (non-hydrogen) atoms. The molecule has 0 saturated carbocycles. The monoisotopic (exact) mass is 446 g/mol. The van der Waals surface area contributed by atoms with Gasteiger partial charge in [0.2, 0.25) is 0 Å². The van der Waals surface area contributed by atoms with Crippen molar-refractivity contribution in [1.29, 1.82) is 0 Å². The van der Waals surface area contributed by atoms with Crippen molar-refractivity contribution < 1.29 is 19.4 Å². The van der Waals surface area contributed by atoms with Gasteiger partial charge in [0.05, 0.1) is 26.7 Å². The van der Waals surface area contributed by atoms with E-state index in [9.17, 15) is 14.7 Å². The van der Waals surface area contributed by atoms with E-state index >= 15 is 0 Å². The molecule has 0 aromatic heterocycles. The number of carbonyl (C=O) groups excluding carboxylic acids is 2. The highest BCUT2D eigenvalue weighted by Gasteiger charge is 2.33. The van der Waals surface area contributed by atoms with Crippen LogP contribution in [0.25, 0.3) is 0 Å². The highest BCUT2D eigenvalue weighted by atomic mass is 79.9. The summed E-state index contributed by atoms with van der Waals surface area (Å²) >= 11 is 6.50. The number of ether oxygens (including phenoxy) is 1. The summed E-state index contributed by atoms with van der Waals surface area (Å²) in [5.41, 5.74) is 1.39. The lowest BCUT2D eigenvalue weighted by Crippen LogP contribution is -2.45. The van der Waals surface area contributed by atoms with Crippen LogP contribution in [0.3, 0.4) is 0 Å². The first kappa shape index (κ1) is 17.8. The lowest BCUT2D eigenvalue weighted by atomic mass is 9.95. The van der Waals surface area contributed by atoms with Crippen LogP contribution in [0.5, 0.6) is 5.75 Å². The zero-order valence-corrected chi connectivity index (χ0v) is 15.9. The van der Waals surface area contributed by atoms with E-state index in [4.69, 9.17) is 4.74 Å². The molecule has 1 aromatic carbocycles. The Kier molecular flexibility index (Phi) is 5.36. The number of nitrogens with one attached hydrogen (secondary N) is 2. The standard InChI is InChI=1S/C15H16Br2N2O4/c1-6(2)23-14(21)11-7(3)18-15(22)19-12(11)8-4-9(16)13(20)10(17)5-8/h4-6,12,20H,1-3H3,(H2,18,19,22). The molecule has 0 saturated heterocycles. The molecule has 0 spiro atoms. The van der Waals surface area contributed by atoms with E-state index in [2.05, 4.69) is 42.5 Å². The number of halogens is 2. The van der Waals surface area contributed by atoms with Crippen LogP contribution in [-0.4, -0.2) is 23.2 Å². The SMILES string of the molecule is CC1=C(C(=O)OC(C)C)C(c2cc(Br)c(O)c(Br)c2)NC(=O)N1. The zero-order chi connectivity index (χ0) is 17.3. The molecule has 0 radical (unpaired) electrons. The predicted octanol–water partition coefficient (Wildman–Crippen LogP) is 3.50. The summed E-state index contributed by atoms with van der Waals surface area (Å²) in [5, 5.41) is 15.1. The third kappa shape index (κ3) is 3.87. The van der Waals surface area contributed by atoms with Gasteiger partial charge in [-0.1, -0.05) is 0 Å². The number of phenols is 1. The van der Waals surface area contributed by atoms with Gasteiger partial charge in [-0.25, -0.2) is 9.59 Å². The van der Waals surface area contributed by atoms with Crippen LogP contribution in [0, 0.1) is 0 Å². The molecular formula is C15H16Br2N2O4.